The van der Waals surface area contributed by atoms with Crippen LogP contribution < -0.4 is 14.2 Å². The lowest BCUT2D eigenvalue weighted by molar-refractivity contribution is -0.0190. The molecule has 5 rings (SSSR count). The number of hydrazone groups is 1. The molecule has 0 aromatic heterocycles. The van der Waals surface area contributed by atoms with E-state index in [1.54, 1.807) is 6.08 Å². The number of para-hydroxylation sites is 1. The van der Waals surface area contributed by atoms with Crippen LogP contribution in [0.25, 0.3) is 0 Å². The fourth-order valence-corrected chi connectivity index (χ4v) is 4.22. The molecule has 3 aromatic rings. The van der Waals surface area contributed by atoms with Crippen molar-refractivity contribution < 1.29 is 14.2 Å². The van der Waals surface area contributed by atoms with Gasteiger partial charge in [0.05, 0.1) is 18.4 Å². The molecule has 2 aliphatic heterocycles. The lowest BCUT2D eigenvalue weighted by Gasteiger charge is -2.38. The molecule has 0 spiro atoms. The van der Waals surface area contributed by atoms with Crippen LogP contribution in [-0.4, -0.2) is 23.9 Å². The Morgan fingerprint density at radius 1 is 1.00 bits per heavy atom. The molecule has 0 saturated carbocycles. The zero-order chi connectivity index (χ0) is 21.9. The summed E-state index contributed by atoms with van der Waals surface area (Å²) in [5.74, 6) is 2.59. The molecule has 0 unspecified atom stereocenters. The third-order valence-electron chi connectivity index (χ3n) is 5.73. The first kappa shape index (κ1) is 20.2. The van der Waals surface area contributed by atoms with Crippen molar-refractivity contribution in [3.63, 3.8) is 0 Å². The Morgan fingerprint density at radius 2 is 1.72 bits per heavy atom. The summed E-state index contributed by atoms with van der Waals surface area (Å²) in [5.41, 5.74) is 4.35. The Hall–Kier alpha value is -3.73. The standard InChI is InChI=1S/C27H26N2O3/c1-3-17-31-22-13-9-19(10-14-22)24-18-25-23-7-5-6-8-26(23)32-27(29(25)28-24)20-11-15-21(16-12-20)30-4-2/h3,5-16,25,27H,1,4,17-18H2,2H3/t25-,27-/m0/s1. The van der Waals surface area contributed by atoms with Crippen molar-refractivity contribution in [2.24, 2.45) is 5.10 Å². The van der Waals surface area contributed by atoms with Crippen LogP contribution in [0.5, 0.6) is 17.2 Å². The third kappa shape index (κ3) is 3.82. The summed E-state index contributed by atoms with van der Waals surface area (Å²) in [6.07, 6.45) is 2.27. The second kappa shape index (κ2) is 8.79. The van der Waals surface area contributed by atoms with E-state index < -0.39 is 0 Å². The van der Waals surface area contributed by atoms with Crippen LogP contribution >= 0.6 is 0 Å². The summed E-state index contributed by atoms with van der Waals surface area (Å²) in [6, 6.07) is 24.5. The van der Waals surface area contributed by atoms with Crippen LogP contribution in [0.3, 0.4) is 0 Å². The largest absolute Gasteiger partial charge is 0.494 e. The van der Waals surface area contributed by atoms with Gasteiger partial charge in [-0.2, -0.15) is 5.10 Å². The Balaban J connectivity index is 1.47. The van der Waals surface area contributed by atoms with Gasteiger partial charge in [0, 0.05) is 17.5 Å². The highest BCUT2D eigenvalue weighted by Gasteiger charge is 2.40. The molecule has 0 N–H and O–H groups in total. The normalized spacial score (nSPS) is 18.8. The van der Waals surface area contributed by atoms with E-state index in [4.69, 9.17) is 19.3 Å². The molecule has 5 heteroatoms. The number of hydrogen-bond donors (Lipinski definition) is 0. The second-order valence-electron chi connectivity index (χ2n) is 7.78. The minimum absolute atomic E-state index is 0.128. The van der Waals surface area contributed by atoms with Crippen LogP contribution in [0, 0.1) is 0 Å². The molecule has 0 fully saturated rings. The van der Waals surface area contributed by atoms with Crippen molar-refractivity contribution in [1.29, 1.82) is 0 Å². The van der Waals surface area contributed by atoms with Gasteiger partial charge >= 0.3 is 0 Å². The lowest BCUT2D eigenvalue weighted by atomic mass is 9.96. The van der Waals surface area contributed by atoms with E-state index in [-0.39, 0.29) is 12.3 Å². The van der Waals surface area contributed by atoms with Gasteiger partial charge in [0.1, 0.15) is 23.9 Å². The fraction of sp³-hybridized carbons (Fsp3) is 0.222. The van der Waals surface area contributed by atoms with E-state index in [0.29, 0.717) is 13.2 Å². The maximum atomic E-state index is 6.43. The average Bonchev–Trinajstić information content (AvgIpc) is 3.29. The molecule has 0 amide bonds. The molecule has 2 heterocycles. The third-order valence-corrected chi connectivity index (χ3v) is 5.73. The van der Waals surface area contributed by atoms with Crippen LogP contribution in [0.1, 0.15) is 42.3 Å². The van der Waals surface area contributed by atoms with Gasteiger partial charge in [0.2, 0.25) is 6.23 Å². The second-order valence-corrected chi connectivity index (χ2v) is 7.78. The van der Waals surface area contributed by atoms with E-state index in [0.717, 1.165) is 40.5 Å². The quantitative estimate of drug-likeness (QED) is 0.442. The lowest BCUT2D eigenvalue weighted by Crippen LogP contribution is -2.33. The Bertz CT molecular complexity index is 1120. The highest BCUT2D eigenvalue weighted by molar-refractivity contribution is 6.02. The predicted octanol–water partition coefficient (Wildman–Crippen LogP) is 5.89. The Morgan fingerprint density at radius 3 is 2.47 bits per heavy atom. The van der Waals surface area contributed by atoms with Crippen LogP contribution in [0.15, 0.2) is 90.6 Å². The smallest absolute Gasteiger partial charge is 0.213 e. The van der Waals surface area contributed by atoms with E-state index in [9.17, 15) is 0 Å². The first-order valence-electron chi connectivity index (χ1n) is 10.9. The van der Waals surface area contributed by atoms with Crippen molar-refractivity contribution in [2.75, 3.05) is 13.2 Å². The highest BCUT2D eigenvalue weighted by atomic mass is 16.5. The molecule has 162 valence electrons. The predicted molar refractivity (Wildman–Crippen MR) is 125 cm³/mol. The van der Waals surface area contributed by atoms with Crippen molar-refractivity contribution in [3.8, 4) is 17.2 Å². The van der Waals surface area contributed by atoms with Crippen molar-refractivity contribution in [1.82, 2.24) is 5.01 Å². The van der Waals surface area contributed by atoms with Crippen molar-refractivity contribution >= 4 is 5.71 Å². The molecule has 5 nitrogen and oxygen atoms in total. The molecule has 0 saturated heterocycles. The van der Waals surface area contributed by atoms with Gasteiger partial charge in [-0.25, -0.2) is 5.01 Å². The number of hydrogen-bond acceptors (Lipinski definition) is 5. The van der Waals surface area contributed by atoms with E-state index in [2.05, 4.69) is 48.0 Å². The summed E-state index contributed by atoms with van der Waals surface area (Å²) < 4.78 is 17.6. The van der Waals surface area contributed by atoms with Gasteiger partial charge in [-0.3, -0.25) is 0 Å². The molecular formula is C27H26N2O3. The molecular weight excluding hydrogens is 400 g/mol. The Labute approximate surface area is 188 Å². The first-order valence-corrected chi connectivity index (χ1v) is 10.9. The van der Waals surface area contributed by atoms with Gasteiger partial charge < -0.3 is 14.2 Å². The highest BCUT2D eigenvalue weighted by Crippen LogP contribution is 2.47. The molecule has 2 aliphatic rings. The summed E-state index contributed by atoms with van der Waals surface area (Å²) in [5, 5.41) is 7.12. The number of fused-ring (bicyclic) bond motifs is 3. The number of ether oxygens (including phenoxy) is 3. The number of rotatable bonds is 7. The van der Waals surface area contributed by atoms with Gasteiger partial charge in [-0.15, -0.1) is 0 Å². The van der Waals surface area contributed by atoms with Crippen molar-refractivity contribution in [3.05, 3.63) is 102 Å². The van der Waals surface area contributed by atoms with Gasteiger partial charge in [-0.1, -0.05) is 30.9 Å². The summed E-state index contributed by atoms with van der Waals surface area (Å²) >= 11 is 0. The Kier molecular flexibility index (Phi) is 5.55. The molecule has 0 aliphatic carbocycles. The van der Waals surface area contributed by atoms with E-state index in [1.807, 2.05) is 43.3 Å². The van der Waals surface area contributed by atoms with Crippen LogP contribution in [0.4, 0.5) is 0 Å². The maximum Gasteiger partial charge on any atom is 0.213 e. The van der Waals surface area contributed by atoms with Gasteiger partial charge in [0.15, 0.2) is 0 Å². The minimum Gasteiger partial charge on any atom is -0.494 e. The van der Waals surface area contributed by atoms with E-state index in [1.165, 1.54) is 5.56 Å². The van der Waals surface area contributed by atoms with Crippen molar-refractivity contribution in [2.45, 2.75) is 25.6 Å². The molecule has 32 heavy (non-hydrogen) atoms. The molecule has 0 radical (unpaired) electrons. The maximum absolute atomic E-state index is 6.43. The minimum atomic E-state index is -0.293. The summed E-state index contributed by atoms with van der Waals surface area (Å²) in [7, 11) is 0. The number of nitrogens with zero attached hydrogens (tertiary/aromatic N) is 2. The van der Waals surface area contributed by atoms with E-state index >= 15 is 0 Å². The monoisotopic (exact) mass is 426 g/mol. The summed E-state index contributed by atoms with van der Waals surface area (Å²) in [4.78, 5) is 0. The zero-order valence-corrected chi connectivity index (χ0v) is 18.1. The SMILES string of the molecule is C=CCOc1ccc(C2=NN3[C@@H](C2)c2ccccc2O[C@H]3c2ccc(OCC)cc2)cc1. The summed E-state index contributed by atoms with van der Waals surface area (Å²) in [6.45, 7) is 6.82. The topological polar surface area (TPSA) is 43.3 Å². The average molecular weight is 427 g/mol. The van der Waals surface area contributed by atoms with Gasteiger partial charge in [0.25, 0.3) is 0 Å². The molecule has 0 bridgehead atoms. The number of benzene rings is 3. The van der Waals surface area contributed by atoms with Crippen LogP contribution in [0.2, 0.25) is 0 Å². The zero-order valence-electron chi connectivity index (χ0n) is 18.1. The molecule has 3 aromatic carbocycles. The van der Waals surface area contributed by atoms with Gasteiger partial charge in [-0.05, 0) is 67.1 Å². The first-order chi connectivity index (χ1) is 15.8. The molecule has 2 atom stereocenters. The fourth-order valence-electron chi connectivity index (χ4n) is 4.22. The van der Waals surface area contributed by atoms with Crippen LogP contribution in [-0.2, 0) is 0 Å².